The van der Waals surface area contributed by atoms with Crippen LogP contribution in [0.1, 0.15) is 47.7 Å². The zero-order valence-corrected chi connectivity index (χ0v) is 19.7. The third kappa shape index (κ3) is 4.88. The first-order valence-corrected chi connectivity index (χ1v) is 11.8. The molecule has 0 atom stereocenters. The zero-order chi connectivity index (χ0) is 25.9. The number of aromatic nitrogens is 5. The van der Waals surface area contributed by atoms with E-state index in [1.165, 1.54) is 40.0 Å². The molecule has 11 heteroatoms. The van der Waals surface area contributed by atoms with Gasteiger partial charge in [-0.2, -0.15) is 5.10 Å². The molecular weight excluding hydrogens is 479 g/mol. The lowest BCUT2D eigenvalue weighted by atomic mass is 9.92. The van der Waals surface area contributed by atoms with Gasteiger partial charge in [0.25, 0.3) is 0 Å². The maximum atomic E-state index is 14.0. The van der Waals surface area contributed by atoms with Gasteiger partial charge in [-0.1, -0.05) is 18.2 Å². The van der Waals surface area contributed by atoms with Crippen molar-refractivity contribution >= 4 is 17.8 Å². The van der Waals surface area contributed by atoms with Gasteiger partial charge in [0.05, 0.1) is 24.2 Å². The standard InChI is InChI=1S/C26H23FN6O4/c27-22-7-2-1-4-20(22)17-30-15-19(14-29-30)8-9-23-24(33(36)37)25(34)31(16-18-10-12-28-13-11-18)26(35)32(23)21-5-3-6-21/h1-2,4,7-15,21H,3,5-6,16-17H2/b9-8+. The number of pyridine rings is 1. The van der Waals surface area contributed by atoms with Crippen molar-refractivity contribution in [2.24, 2.45) is 0 Å². The van der Waals surface area contributed by atoms with Crippen LogP contribution in [0.4, 0.5) is 10.1 Å². The number of halogens is 1. The Labute approximate surface area is 210 Å². The van der Waals surface area contributed by atoms with Crippen molar-refractivity contribution in [3.8, 4) is 0 Å². The fourth-order valence-electron chi connectivity index (χ4n) is 4.34. The number of hydrogen-bond donors (Lipinski definition) is 0. The molecule has 1 aromatic carbocycles. The Balaban J connectivity index is 1.55. The molecular formula is C26H23FN6O4. The predicted molar refractivity (Wildman–Crippen MR) is 135 cm³/mol. The van der Waals surface area contributed by atoms with Crippen LogP contribution in [0.25, 0.3) is 12.2 Å². The Bertz CT molecular complexity index is 1600. The van der Waals surface area contributed by atoms with Crippen LogP contribution in [0.15, 0.2) is 70.8 Å². The summed E-state index contributed by atoms with van der Waals surface area (Å²) in [4.78, 5) is 41.9. The molecule has 0 N–H and O–H groups in total. The van der Waals surface area contributed by atoms with E-state index in [2.05, 4.69) is 10.1 Å². The van der Waals surface area contributed by atoms with Gasteiger partial charge in [-0.3, -0.25) is 29.1 Å². The fraction of sp³-hybridized carbons (Fsp3) is 0.231. The van der Waals surface area contributed by atoms with Crippen molar-refractivity contribution in [2.75, 3.05) is 0 Å². The number of rotatable bonds is 8. The highest BCUT2D eigenvalue weighted by atomic mass is 19.1. The van der Waals surface area contributed by atoms with Gasteiger partial charge >= 0.3 is 16.9 Å². The molecule has 37 heavy (non-hydrogen) atoms. The summed E-state index contributed by atoms with van der Waals surface area (Å²) in [5.41, 5.74) is -0.570. The molecule has 5 rings (SSSR count). The van der Waals surface area contributed by atoms with Gasteiger partial charge in [0.1, 0.15) is 11.5 Å². The molecule has 3 heterocycles. The second kappa shape index (κ2) is 10.1. The highest BCUT2D eigenvalue weighted by Gasteiger charge is 2.32. The van der Waals surface area contributed by atoms with Gasteiger partial charge < -0.3 is 0 Å². The minimum atomic E-state index is -0.961. The summed E-state index contributed by atoms with van der Waals surface area (Å²) >= 11 is 0. The van der Waals surface area contributed by atoms with Crippen LogP contribution in [0.5, 0.6) is 0 Å². The summed E-state index contributed by atoms with van der Waals surface area (Å²) in [5, 5.41) is 16.3. The lowest BCUT2D eigenvalue weighted by molar-refractivity contribution is -0.387. The maximum absolute atomic E-state index is 14.0. The van der Waals surface area contributed by atoms with Crippen LogP contribution in [0, 0.1) is 15.9 Å². The lowest BCUT2D eigenvalue weighted by Gasteiger charge is -2.29. The van der Waals surface area contributed by atoms with E-state index in [1.807, 2.05) is 0 Å². The average Bonchev–Trinajstić information content (AvgIpc) is 3.30. The van der Waals surface area contributed by atoms with E-state index in [9.17, 15) is 24.1 Å². The normalized spacial score (nSPS) is 13.6. The minimum Gasteiger partial charge on any atom is -0.284 e. The van der Waals surface area contributed by atoms with Crippen molar-refractivity contribution in [1.82, 2.24) is 23.9 Å². The van der Waals surface area contributed by atoms with Crippen molar-refractivity contribution in [3.63, 3.8) is 0 Å². The number of benzene rings is 1. The van der Waals surface area contributed by atoms with E-state index in [1.54, 1.807) is 42.6 Å². The van der Waals surface area contributed by atoms with E-state index in [-0.39, 0.29) is 30.6 Å². The van der Waals surface area contributed by atoms with Gasteiger partial charge in [0, 0.05) is 35.8 Å². The number of nitrogens with zero attached hydrogens (tertiary/aromatic N) is 6. The lowest BCUT2D eigenvalue weighted by Crippen LogP contribution is -2.44. The molecule has 188 valence electrons. The molecule has 10 nitrogen and oxygen atoms in total. The Hall–Kier alpha value is -4.67. The molecule has 0 aliphatic heterocycles. The van der Waals surface area contributed by atoms with E-state index in [4.69, 9.17) is 0 Å². The fourth-order valence-corrected chi connectivity index (χ4v) is 4.34. The number of nitro groups is 1. The third-order valence-corrected chi connectivity index (χ3v) is 6.48. The first-order chi connectivity index (χ1) is 17.9. The molecule has 1 aliphatic carbocycles. The summed E-state index contributed by atoms with van der Waals surface area (Å²) in [6.45, 7) is 0.110. The smallest absolute Gasteiger partial charge is 0.284 e. The highest BCUT2D eigenvalue weighted by molar-refractivity contribution is 5.71. The Morgan fingerprint density at radius 2 is 1.84 bits per heavy atom. The average molecular weight is 503 g/mol. The van der Waals surface area contributed by atoms with Crippen LogP contribution in [0.3, 0.4) is 0 Å². The van der Waals surface area contributed by atoms with E-state index >= 15 is 0 Å². The van der Waals surface area contributed by atoms with Crippen molar-refractivity contribution in [1.29, 1.82) is 0 Å². The molecule has 0 amide bonds. The quantitative estimate of drug-likeness (QED) is 0.268. The SMILES string of the molecule is O=c1c([N+](=O)[O-])c(/C=C/c2cnn(Cc3ccccc3F)c2)n(C2CCC2)c(=O)n1Cc1ccncc1. The Morgan fingerprint density at radius 1 is 1.08 bits per heavy atom. The first kappa shape index (κ1) is 24.0. The molecule has 1 aliphatic rings. The maximum Gasteiger partial charge on any atom is 0.357 e. The summed E-state index contributed by atoms with van der Waals surface area (Å²) in [5.74, 6) is -0.345. The third-order valence-electron chi connectivity index (χ3n) is 6.48. The Kier molecular flexibility index (Phi) is 6.59. The molecule has 0 spiro atoms. The van der Waals surface area contributed by atoms with Crippen molar-refractivity contribution in [3.05, 3.63) is 120 Å². The van der Waals surface area contributed by atoms with Gasteiger partial charge in [-0.15, -0.1) is 0 Å². The van der Waals surface area contributed by atoms with Gasteiger partial charge in [0.15, 0.2) is 0 Å². The summed E-state index contributed by atoms with van der Waals surface area (Å²) in [7, 11) is 0. The minimum absolute atomic E-state index is 0.0440. The van der Waals surface area contributed by atoms with Crippen LogP contribution >= 0.6 is 0 Å². The van der Waals surface area contributed by atoms with Gasteiger partial charge in [-0.25, -0.2) is 13.8 Å². The van der Waals surface area contributed by atoms with Crippen molar-refractivity contribution < 1.29 is 9.31 Å². The predicted octanol–water partition coefficient (Wildman–Crippen LogP) is 3.64. The summed E-state index contributed by atoms with van der Waals surface area (Å²) in [6, 6.07) is 9.44. The van der Waals surface area contributed by atoms with Crippen molar-refractivity contribution in [2.45, 2.75) is 38.4 Å². The topological polar surface area (TPSA) is 118 Å². The molecule has 1 saturated carbocycles. The molecule has 0 radical (unpaired) electrons. The summed E-state index contributed by atoms with van der Waals surface area (Å²) < 4.78 is 17.8. The molecule has 0 saturated heterocycles. The molecule has 0 unspecified atom stereocenters. The van der Waals surface area contributed by atoms with Crippen LogP contribution < -0.4 is 11.2 Å². The van der Waals surface area contributed by atoms with Gasteiger partial charge in [-0.05, 0) is 55.2 Å². The first-order valence-electron chi connectivity index (χ1n) is 11.8. The molecule has 0 bridgehead atoms. The second-order valence-electron chi connectivity index (χ2n) is 8.87. The monoisotopic (exact) mass is 502 g/mol. The zero-order valence-electron chi connectivity index (χ0n) is 19.7. The van der Waals surface area contributed by atoms with E-state index in [0.29, 0.717) is 29.5 Å². The van der Waals surface area contributed by atoms with Gasteiger partial charge in [0.2, 0.25) is 0 Å². The largest absolute Gasteiger partial charge is 0.357 e. The molecule has 3 aromatic heterocycles. The summed E-state index contributed by atoms with van der Waals surface area (Å²) in [6.07, 6.45) is 11.5. The molecule has 4 aromatic rings. The second-order valence-corrected chi connectivity index (χ2v) is 8.87. The van der Waals surface area contributed by atoms with E-state index in [0.717, 1.165) is 11.0 Å². The highest BCUT2D eigenvalue weighted by Crippen LogP contribution is 2.33. The Morgan fingerprint density at radius 3 is 2.51 bits per heavy atom. The number of hydrogen-bond acceptors (Lipinski definition) is 6. The van der Waals surface area contributed by atoms with E-state index < -0.39 is 21.9 Å². The van der Waals surface area contributed by atoms with Crippen LogP contribution in [-0.2, 0) is 13.1 Å². The molecule has 1 fully saturated rings. The van der Waals surface area contributed by atoms with Crippen LogP contribution in [0.2, 0.25) is 0 Å². The van der Waals surface area contributed by atoms with Crippen LogP contribution in [-0.4, -0.2) is 28.8 Å².